The molecule has 4 atom stereocenters. The maximum atomic E-state index is 13.0. The number of fused-ring (bicyclic) bond motifs is 7. The molecule has 3 aromatic carbocycles. The summed E-state index contributed by atoms with van der Waals surface area (Å²) < 4.78 is 26.7. The number of hydrogen-bond acceptors (Lipinski definition) is 6. The van der Waals surface area contributed by atoms with E-state index in [-0.39, 0.29) is 19.0 Å². The summed E-state index contributed by atoms with van der Waals surface area (Å²) in [6, 6.07) is 30.0. The molecule has 3 saturated heterocycles. The van der Waals surface area contributed by atoms with Gasteiger partial charge in [0.15, 0.2) is 0 Å². The zero-order chi connectivity index (χ0) is 24.4. The SMILES string of the molecule is O=C1CC(=O)N2C(=N1)OC[C@H]1O[C@@H]2[C@@H]2OP(c3ccccc3)(c3ccccc3)(c3ccccc3)O[C@@H]21. The van der Waals surface area contributed by atoms with E-state index >= 15 is 0 Å². The molecule has 0 radical (unpaired) electrons. The van der Waals surface area contributed by atoms with Crippen LogP contribution in [-0.4, -0.2) is 53.9 Å². The van der Waals surface area contributed by atoms with Gasteiger partial charge in [0.25, 0.3) is 0 Å². The number of amidine groups is 1. The average molecular weight is 502 g/mol. The minimum absolute atomic E-state index is 0.0304. The molecule has 4 aliphatic heterocycles. The fourth-order valence-corrected chi connectivity index (χ4v) is 10.9. The Balaban J connectivity index is 1.48. The maximum absolute atomic E-state index is 13.0. The quantitative estimate of drug-likeness (QED) is 0.402. The van der Waals surface area contributed by atoms with E-state index in [4.69, 9.17) is 18.5 Å². The average Bonchev–Trinajstić information content (AvgIpc) is 3.36. The molecule has 4 heterocycles. The van der Waals surface area contributed by atoms with Crippen LogP contribution in [0.1, 0.15) is 6.42 Å². The van der Waals surface area contributed by atoms with Gasteiger partial charge in [0.1, 0.15) is 0 Å². The van der Waals surface area contributed by atoms with Crippen LogP contribution >= 0.6 is 7.06 Å². The number of amides is 2. The first-order valence-electron chi connectivity index (χ1n) is 11.9. The molecule has 3 fully saturated rings. The van der Waals surface area contributed by atoms with Crippen molar-refractivity contribution in [3.63, 3.8) is 0 Å². The Bertz CT molecular complexity index is 1280. The summed E-state index contributed by atoms with van der Waals surface area (Å²) in [6.45, 7) is 0.0851. The van der Waals surface area contributed by atoms with Gasteiger partial charge >= 0.3 is 207 Å². The second-order valence-electron chi connectivity index (χ2n) is 9.21. The molecule has 4 aliphatic rings. The molecule has 7 rings (SSSR count). The molecule has 3 aromatic rings. The van der Waals surface area contributed by atoms with Crippen LogP contribution in [0.4, 0.5) is 0 Å². The minimum atomic E-state index is -3.99. The van der Waals surface area contributed by atoms with Crippen molar-refractivity contribution < 1.29 is 28.1 Å². The van der Waals surface area contributed by atoms with Crippen molar-refractivity contribution in [2.24, 2.45) is 4.99 Å². The molecular weight excluding hydrogens is 479 g/mol. The van der Waals surface area contributed by atoms with Crippen LogP contribution < -0.4 is 15.9 Å². The van der Waals surface area contributed by atoms with E-state index in [2.05, 4.69) is 4.99 Å². The first kappa shape index (κ1) is 21.8. The third-order valence-electron chi connectivity index (χ3n) is 7.24. The third kappa shape index (κ3) is 2.81. The molecule has 8 nitrogen and oxygen atoms in total. The van der Waals surface area contributed by atoms with Crippen molar-refractivity contribution in [2.45, 2.75) is 31.0 Å². The summed E-state index contributed by atoms with van der Waals surface area (Å²) in [5.74, 6) is -0.951. The topological polar surface area (TPSA) is 86.7 Å². The molecule has 2 bridgehead atoms. The fraction of sp³-hybridized carbons (Fsp3) is 0.222. The van der Waals surface area contributed by atoms with E-state index in [0.29, 0.717) is 0 Å². The van der Waals surface area contributed by atoms with Gasteiger partial charge in [-0.25, -0.2) is 0 Å². The molecular formula is C27H23N2O6P. The van der Waals surface area contributed by atoms with E-state index in [9.17, 15) is 9.59 Å². The Hall–Kier alpha value is -3.42. The number of hydrogen-bond donors (Lipinski definition) is 0. The van der Waals surface area contributed by atoms with Crippen LogP contribution in [0.3, 0.4) is 0 Å². The number of rotatable bonds is 3. The van der Waals surface area contributed by atoms with Gasteiger partial charge in [0.05, 0.1) is 0 Å². The van der Waals surface area contributed by atoms with Gasteiger partial charge in [0, 0.05) is 0 Å². The van der Waals surface area contributed by atoms with E-state index < -0.39 is 43.4 Å². The Morgan fingerprint density at radius 2 is 1.28 bits per heavy atom. The third-order valence-corrected chi connectivity index (χ3v) is 12.2. The second kappa shape index (κ2) is 7.79. The predicted molar refractivity (Wildman–Crippen MR) is 133 cm³/mol. The van der Waals surface area contributed by atoms with Crippen molar-refractivity contribution in [1.29, 1.82) is 0 Å². The van der Waals surface area contributed by atoms with Crippen molar-refractivity contribution in [3.8, 4) is 0 Å². The van der Waals surface area contributed by atoms with Crippen molar-refractivity contribution in [2.75, 3.05) is 6.61 Å². The zero-order valence-corrected chi connectivity index (χ0v) is 20.1. The number of carbonyl (C=O) groups excluding carboxylic acids is 2. The molecule has 0 saturated carbocycles. The summed E-state index contributed by atoms with van der Waals surface area (Å²) in [5, 5.41) is 2.76. The fourth-order valence-electron chi connectivity index (χ4n) is 5.72. The number of ether oxygens (including phenoxy) is 2. The number of benzene rings is 3. The summed E-state index contributed by atoms with van der Waals surface area (Å²) in [6.07, 6.45) is -2.83. The summed E-state index contributed by atoms with van der Waals surface area (Å²) in [7, 11) is -3.99. The van der Waals surface area contributed by atoms with E-state index in [1.807, 2.05) is 91.0 Å². The van der Waals surface area contributed by atoms with Gasteiger partial charge in [-0.15, -0.1) is 0 Å². The first-order chi connectivity index (χ1) is 17.6. The number of aliphatic imine (C=N–C) groups is 1. The molecule has 2 amide bonds. The molecule has 0 aromatic heterocycles. The van der Waals surface area contributed by atoms with Crippen molar-refractivity contribution in [3.05, 3.63) is 91.0 Å². The molecule has 9 heteroatoms. The van der Waals surface area contributed by atoms with Crippen LogP contribution in [0, 0.1) is 0 Å². The Morgan fingerprint density at radius 1 is 0.750 bits per heavy atom. The van der Waals surface area contributed by atoms with Gasteiger partial charge in [-0.05, 0) is 0 Å². The Labute approximate surface area is 207 Å². The van der Waals surface area contributed by atoms with Gasteiger partial charge in [-0.1, -0.05) is 0 Å². The van der Waals surface area contributed by atoms with Crippen LogP contribution in [0.25, 0.3) is 0 Å². The monoisotopic (exact) mass is 502 g/mol. The Morgan fingerprint density at radius 3 is 1.83 bits per heavy atom. The molecule has 36 heavy (non-hydrogen) atoms. The predicted octanol–water partition coefficient (Wildman–Crippen LogP) is 2.00. The normalized spacial score (nSPS) is 30.7. The van der Waals surface area contributed by atoms with Crippen LogP contribution in [0.5, 0.6) is 0 Å². The summed E-state index contributed by atoms with van der Waals surface area (Å²) in [4.78, 5) is 30.3. The first-order valence-corrected chi connectivity index (χ1v) is 14.0. The van der Waals surface area contributed by atoms with Gasteiger partial charge in [-0.3, -0.25) is 0 Å². The van der Waals surface area contributed by atoms with Gasteiger partial charge < -0.3 is 0 Å². The molecule has 0 unspecified atom stereocenters. The van der Waals surface area contributed by atoms with Crippen molar-refractivity contribution >= 4 is 40.8 Å². The Kier molecular flexibility index (Phi) is 4.72. The summed E-state index contributed by atoms with van der Waals surface area (Å²) in [5.41, 5.74) is 0. The van der Waals surface area contributed by atoms with E-state index in [1.165, 1.54) is 4.90 Å². The van der Waals surface area contributed by atoms with E-state index in [1.54, 1.807) is 0 Å². The molecule has 0 spiro atoms. The van der Waals surface area contributed by atoms with Crippen molar-refractivity contribution in [1.82, 2.24) is 4.90 Å². The number of carbonyl (C=O) groups is 2. The van der Waals surface area contributed by atoms with Gasteiger partial charge in [0.2, 0.25) is 0 Å². The van der Waals surface area contributed by atoms with Crippen LogP contribution in [0.2, 0.25) is 0 Å². The van der Waals surface area contributed by atoms with Crippen LogP contribution in [-0.2, 0) is 28.1 Å². The van der Waals surface area contributed by atoms with Gasteiger partial charge in [-0.2, -0.15) is 0 Å². The zero-order valence-electron chi connectivity index (χ0n) is 19.2. The van der Waals surface area contributed by atoms with E-state index in [0.717, 1.165) is 15.9 Å². The molecule has 0 aliphatic carbocycles. The second-order valence-corrected chi connectivity index (χ2v) is 13.1. The standard InChI is InChI=1S/C27H23N2O6P/c30-22-16-23(31)29-26-25-24(21(33-26)17-32-27(29)28-22)34-36(35-25,18-10-4-1-5-11-18,19-12-6-2-7-13-19)20-14-8-3-9-15-20/h1-15,21,24-26H,16-17H2/t21-,24-,25-,26-/m1/s1. The molecule has 0 N–H and O–H groups in total. The molecule has 182 valence electrons. The summed E-state index contributed by atoms with van der Waals surface area (Å²) >= 11 is 0. The van der Waals surface area contributed by atoms with Crippen LogP contribution in [0.15, 0.2) is 96.0 Å². The number of nitrogens with zero attached hydrogens (tertiary/aromatic N) is 2.